The van der Waals surface area contributed by atoms with Gasteiger partial charge in [0.15, 0.2) is 0 Å². The Kier molecular flexibility index (Phi) is 9.94. The fraction of sp³-hybridized carbons (Fsp3) is 0.440. The lowest BCUT2D eigenvalue weighted by Crippen LogP contribution is -2.51. The van der Waals surface area contributed by atoms with E-state index in [4.69, 9.17) is 11.6 Å². The molecule has 186 valence electrons. The number of halogens is 1. The minimum atomic E-state index is -3.77. The standard InChI is InChI=1S/C25H34ClN3O4S/c1-6-7-14-27-25(31)20(4)28(16-21-10-8-9-11-22(21)26)24(30)17-29(34(5,32)33)23-13-12-18(2)15-19(23)3/h8-13,15,20H,6-7,14,16-17H2,1-5H3,(H,27,31)/t20-/m1/s1. The van der Waals surface area contributed by atoms with Gasteiger partial charge in [0, 0.05) is 18.1 Å². The van der Waals surface area contributed by atoms with Crippen molar-refractivity contribution >= 4 is 39.1 Å². The summed E-state index contributed by atoms with van der Waals surface area (Å²) in [5.74, 6) is -0.797. The number of nitrogens with zero attached hydrogens (tertiary/aromatic N) is 2. The number of aryl methyl sites for hydroxylation is 2. The Balaban J connectivity index is 2.39. The second kappa shape index (κ2) is 12.2. The van der Waals surface area contributed by atoms with Crippen LogP contribution in [-0.4, -0.2) is 50.5 Å². The zero-order chi connectivity index (χ0) is 25.5. The van der Waals surface area contributed by atoms with Crippen LogP contribution in [0.1, 0.15) is 43.4 Å². The summed E-state index contributed by atoms with van der Waals surface area (Å²) < 4.78 is 26.4. The van der Waals surface area contributed by atoms with E-state index in [-0.39, 0.29) is 12.5 Å². The summed E-state index contributed by atoms with van der Waals surface area (Å²) in [7, 11) is -3.77. The number of hydrogen-bond donors (Lipinski definition) is 1. The van der Waals surface area contributed by atoms with Crippen molar-refractivity contribution in [3.8, 4) is 0 Å². The number of amides is 2. The third kappa shape index (κ3) is 7.46. The number of unbranched alkanes of at least 4 members (excludes halogenated alkanes) is 1. The van der Waals surface area contributed by atoms with Gasteiger partial charge in [-0.25, -0.2) is 8.42 Å². The normalized spacial score (nSPS) is 12.2. The zero-order valence-corrected chi connectivity index (χ0v) is 22.0. The number of sulfonamides is 1. The van der Waals surface area contributed by atoms with Gasteiger partial charge >= 0.3 is 0 Å². The average molecular weight is 508 g/mol. The summed E-state index contributed by atoms with van der Waals surface area (Å²) in [6.45, 7) is 7.53. The van der Waals surface area contributed by atoms with E-state index in [0.29, 0.717) is 22.8 Å². The smallest absolute Gasteiger partial charge is 0.244 e. The molecule has 0 bridgehead atoms. The van der Waals surface area contributed by atoms with Crippen molar-refractivity contribution in [2.75, 3.05) is 23.7 Å². The van der Waals surface area contributed by atoms with Crippen molar-refractivity contribution in [1.82, 2.24) is 10.2 Å². The number of benzene rings is 2. The SMILES string of the molecule is CCCCNC(=O)[C@@H](C)N(Cc1ccccc1Cl)C(=O)CN(c1ccc(C)cc1C)S(C)(=O)=O. The van der Waals surface area contributed by atoms with Crippen LogP contribution in [0.3, 0.4) is 0 Å². The van der Waals surface area contributed by atoms with Crippen molar-refractivity contribution in [2.45, 2.75) is 53.1 Å². The van der Waals surface area contributed by atoms with Crippen molar-refractivity contribution < 1.29 is 18.0 Å². The fourth-order valence-corrected chi connectivity index (χ4v) is 4.71. The van der Waals surface area contributed by atoms with E-state index in [1.807, 2.05) is 19.9 Å². The van der Waals surface area contributed by atoms with Gasteiger partial charge in [0.05, 0.1) is 11.9 Å². The zero-order valence-electron chi connectivity index (χ0n) is 20.5. The molecule has 7 nitrogen and oxygen atoms in total. The lowest BCUT2D eigenvalue weighted by Gasteiger charge is -2.32. The molecule has 0 heterocycles. The predicted octanol–water partition coefficient (Wildman–Crippen LogP) is 4.06. The summed E-state index contributed by atoms with van der Waals surface area (Å²) >= 11 is 6.32. The monoisotopic (exact) mass is 507 g/mol. The van der Waals surface area contributed by atoms with Crippen LogP contribution >= 0.6 is 11.6 Å². The molecule has 0 radical (unpaired) electrons. The molecule has 2 rings (SSSR count). The Bertz CT molecular complexity index is 1120. The van der Waals surface area contributed by atoms with Gasteiger partial charge in [0.1, 0.15) is 12.6 Å². The molecule has 0 fully saturated rings. The maximum Gasteiger partial charge on any atom is 0.244 e. The molecule has 0 aliphatic carbocycles. The van der Waals surface area contributed by atoms with Gasteiger partial charge in [-0.05, 0) is 50.5 Å². The van der Waals surface area contributed by atoms with E-state index in [1.54, 1.807) is 50.2 Å². The van der Waals surface area contributed by atoms with Crippen molar-refractivity contribution in [3.63, 3.8) is 0 Å². The maximum atomic E-state index is 13.5. The molecule has 9 heteroatoms. The Labute approximate surface area is 208 Å². The molecule has 0 saturated carbocycles. The quantitative estimate of drug-likeness (QED) is 0.465. The highest BCUT2D eigenvalue weighted by molar-refractivity contribution is 7.92. The van der Waals surface area contributed by atoms with Crippen LogP contribution in [0.2, 0.25) is 5.02 Å². The molecule has 34 heavy (non-hydrogen) atoms. The van der Waals surface area contributed by atoms with Crippen LogP contribution in [-0.2, 0) is 26.2 Å². The minimum absolute atomic E-state index is 0.0748. The molecule has 2 aromatic rings. The number of hydrogen-bond acceptors (Lipinski definition) is 4. The highest BCUT2D eigenvalue weighted by atomic mass is 35.5. The van der Waals surface area contributed by atoms with Gasteiger partial charge in [0.25, 0.3) is 0 Å². The molecule has 2 amide bonds. The van der Waals surface area contributed by atoms with E-state index in [9.17, 15) is 18.0 Å². The maximum absolute atomic E-state index is 13.5. The third-order valence-corrected chi connectivity index (χ3v) is 7.09. The topological polar surface area (TPSA) is 86.8 Å². The van der Waals surface area contributed by atoms with E-state index in [0.717, 1.165) is 34.5 Å². The number of rotatable bonds is 11. The first-order valence-electron chi connectivity index (χ1n) is 11.3. The number of carbonyl (C=O) groups is 2. The second-order valence-corrected chi connectivity index (χ2v) is 10.8. The van der Waals surface area contributed by atoms with E-state index < -0.39 is 28.5 Å². The first kappa shape index (κ1) is 27.7. The summed E-state index contributed by atoms with van der Waals surface area (Å²) in [5.41, 5.74) is 2.82. The second-order valence-electron chi connectivity index (χ2n) is 8.49. The Morgan fingerprint density at radius 1 is 1.12 bits per heavy atom. The molecule has 0 aliphatic rings. The molecule has 0 aliphatic heterocycles. The van der Waals surface area contributed by atoms with Crippen LogP contribution < -0.4 is 9.62 Å². The summed E-state index contributed by atoms with van der Waals surface area (Å²) in [4.78, 5) is 27.7. The lowest BCUT2D eigenvalue weighted by molar-refractivity contribution is -0.139. The van der Waals surface area contributed by atoms with Crippen LogP contribution in [0.5, 0.6) is 0 Å². The number of carbonyl (C=O) groups excluding carboxylic acids is 2. The van der Waals surface area contributed by atoms with Gasteiger partial charge in [-0.1, -0.05) is 60.8 Å². The Hall–Kier alpha value is -2.58. The third-order valence-electron chi connectivity index (χ3n) is 5.60. The summed E-state index contributed by atoms with van der Waals surface area (Å²) in [6, 6.07) is 11.6. The van der Waals surface area contributed by atoms with Crippen LogP contribution in [0, 0.1) is 13.8 Å². The minimum Gasteiger partial charge on any atom is -0.354 e. The lowest BCUT2D eigenvalue weighted by atomic mass is 10.1. The van der Waals surface area contributed by atoms with Crippen molar-refractivity contribution in [2.24, 2.45) is 0 Å². The first-order chi connectivity index (χ1) is 16.0. The molecule has 2 aromatic carbocycles. The van der Waals surface area contributed by atoms with Crippen LogP contribution in [0.15, 0.2) is 42.5 Å². The van der Waals surface area contributed by atoms with Gasteiger partial charge < -0.3 is 10.2 Å². The molecule has 0 unspecified atom stereocenters. The number of nitrogens with one attached hydrogen (secondary N) is 1. The van der Waals surface area contributed by atoms with E-state index >= 15 is 0 Å². The fourth-order valence-electron chi connectivity index (χ4n) is 3.61. The first-order valence-corrected chi connectivity index (χ1v) is 13.5. The molecular formula is C25H34ClN3O4S. The highest BCUT2D eigenvalue weighted by Gasteiger charge is 2.30. The van der Waals surface area contributed by atoms with Crippen molar-refractivity contribution in [3.05, 3.63) is 64.2 Å². The van der Waals surface area contributed by atoms with Crippen LogP contribution in [0.4, 0.5) is 5.69 Å². The largest absolute Gasteiger partial charge is 0.354 e. The molecule has 1 N–H and O–H groups in total. The van der Waals surface area contributed by atoms with Crippen molar-refractivity contribution in [1.29, 1.82) is 0 Å². The van der Waals surface area contributed by atoms with Gasteiger partial charge in [-0.2, -0.15) is 0 Å². The van der Waals surface area contributed by atoms with Gasteiger partial charge in [-0.15, -0.1) is 0 Å². The summed E-state index contributed by atoms with van der Waals surface area (Å²) in [6.07, 6.45) is 2.82. The molecule has 0 saturated heterocycles. The molecule has 1 atom stereocenters. The average Bonchev–Trinajstić information content (AvgIpc) is 2.76. The highest BCUT2D eigenvalue weighted by Crippen LogP contribution is 2.25. The van der Waals surface area contributed by atoms with E-state index in [1.165, 1.54) is 4.90 Å². The van der Waals surface area contributed by atoms with Gasteiger partial charge in [0.2, 0.25) is 21.8 Å². The van der Waals surface area contributed by atoms with Gasteiger partial charge in [-0.3, -0.25) is 13.9 Å². The Morgan fingerprint density at radius 2 is 1.79 bits per heavy atom. The number of anilines is 1. The molecule has 0 spiro atoms. The Morgan fingerprint density at radius 3 is 2.38 bits per heavy atom. The molecule has 0 aromatic heterocycles. The van der Waals surface area contributed by atoms with Crippen LogP contribution in [0.25, 0.3) is 0 Å². The van der Waals surface area contributed by atoms with E-state index in [2.05, 4.69) is 5.32 Å². The molecular weight excluding hydrogens is 474 g/mol. The predicted molar refractivity (Wildman–Crippen MR) is 137 cm³/mol. The summed E-state index contributed by atoms with van der Waals surface area (Å²) in [5, 5.41) is 3.32.